The minimum absolute atomic E-state index is 0.0515. The highest BCUT2D eigenvalue weighted by Crippen LogP contribution is 2.26. The quantitative estimate of drug-likeness (QED) is 0.361. The van der Waals surface area contributed by atoms with Gasteiger partial charge in [0.2, 0.25) is 5.91 Å². The van der Waals surface area contributed by atoms with Crippen molar-refractivity contribution in [2.75, 3.05) is 64.7 Å². The number of carbonyl (C=O) groups excluding carboxylic acids is 2. The fourth-order valence-corrected chi connectivity index (χ4v) is 7.16. The summed E-state index contributed by atoms with van der Waals surface area (Å²) in [5, 5.41) is 18.0. The number of carbonyl (C=O) groups is 3. The lowest BCUT2D eigenvalue weighted by Crippen LogP contribution is -2.55. The summed E-state index contributed by atoms with van der Waals surface area (Å²) in [7, 11) is 2.15. The number of piperidine rings is 2. The molecule has 3 fully saturated rings. The molecule has 46 heavy (non-hydrogen) atoms. The van der Waals surface area contributed by atoms with Crippen LogP contribution in [0.15, 0.2) is 46.9 Å². The second-order valence-electron chi connectivity index (χ2n) is 12.9. The predicted octanol–water partition coefficient (Wildman–Crippen LogP) is 3.96. The topological polar surface area (TPSA) is 120 Å². The van der Waals surface area contributed by atoms with Crippen molar-refractivity contribution in [2.24, 2.45) is 0 Å². The number of hydrogen-bond acceptors (Lipinski definition) is 6. The number of para-hydroxylation sites is 1. The molecule has 12 heteroatoms. The smallest absolute Gasteiger partial charge is 0.405 e. The minimum Gasteiger partial charge on any atom is -0.465 e. The summed E-state index contributed by atoms with van der Waals surface area (Å²) in [4.78, 5) is 45.1. The largest absolute Gasteiger partial charge is 0.465 e. The molecule has 0 bridgehead atoms. The van der Waals surface area contributed by atoms with Crippen molar-refractivity contribution in [3.05, 3.63) is 63.6 Å². The van der Waals surface area contributed by atoms with E-state index in [1.807, 2.05) is 53.1 Å². The Labute approximate surface area is 280 Å². The Kier molecular flexibility index (Phi) is 11.9. The normalized spacial score (nSPS) is 20.6. The highest BCUT2D eigenvalue weighted by Gasteiger charge is 2.32. The van der Waals surface area contributed by atoms with Gasteiger partial charge in [-0.2, -0.15) is 0 Å². The van der Waals surface area contributed by atoms with E-state index in [9.17, 15) is 19.5 Å². The summed E-state index contributed by atoms with van der Waals surface area (Å²) in [5.41, 5.74) is 4.19. The molecular formula is C34H48BrN7O4. The number of fused-ring (bicyclic) bond motifs is 1. The van der Waals surface area contributed by atoms with Gasteiger partial charge in [0.1, 0.15) is 6.04 Å². The Balaban J connectivity index is 0.000000207. The molecule has 1 atom stereocenters. The van der Waals surface area contributed by atoms with Crippen LogP contribution in [0.2, 0.25) is 0 Å². The number of anilines is 1. The van der Waals surface area contributed by atoms with Crippen molar-refractivity contribution in [2.45, 2.75) is 63.7 Å². The fourth-order valence-electron chi connectivity index (χ4n) is 6.91. The number of benzene rings is 2. The number of rotatable bonds is 6. The molecule has 2 aromatic rings. The van der Waals surface area contributed by atoms with E-state index in [0.717, 1.165) is 92.8 Å². The van der Waals surface area contributed by atoms with Crippen LogP contribution in [0.3, 0.4) is 0 Å². The number of piperazine rings is 1. The van der Waals surface area contributed by atoms with Gasteiger partial charge in [-0.15, -0.1) is 0 Å². The molecule has 4 amide bonds. The second kappa shape index (κ2) is 16.1. The molecule has 0 spiro atoms. The van der Waals surface area contributed by atoms with Crippen molar-refractivity contribution in [1.29, 1.82) is 0 Å². The summed E-state index contributed by atoms with van der Waals surface area (Å²) in [6, 6.07) is 14.1. The molecule has 11 nitrogen and oxygen atoms in total. The Bertz CT molecular complexity index is 1350. The van der Waals surface area contributed by atoms with Crippen molar-refractivity contribution in [3.63, 3.8) is 0 Å². The monoisotopic (exact) mass is 697 g/mol. The van der Waals surface area contributed by atoms with Crippen LogP contribution < -0.4 is 16.0 Å². The van der Waals surface area contributed by atoms with E-state index in [4.69, 9.17) is 0 Å². The second-order valence-corrected chi connectivity index (χ2v) is 13.7. The van der Waals surface area contributed by atoms with Crippen LogP contribution in [0.4, 0.5) is 15.3 Å². The Morgan fingerprint density at radius 2 is 1.67 bits per heavy atom. The molecule has 4 heterocycles. The number of carboxylic acid groups (broad SMARTS) is 1. The summed E-state index contributed by atoms with van der Waals surface area (Å²) in [6.07, 6.45) is 3.20. The third kappa shape index (κ3) is 8.99. The highest BCUT2D eigenvalue weighted by atomic mass is 79.9. The molecule has 0 aliphatic carbocycles. The molecule has 4 N–H and O–H groups in total. The molecule has 2 aromatic carbocycles. The van der Waals surface area contributed by atoms with Crippen molar-refractivity contribution < 1.29 is 19.5 Å². The SMILES string of the molecule is Cc1cc(CC(NC(=O)O)C(=O)N2CCC(N3CCN(C)CC3)CC2)ccc1Br.O=C1Nc2ccccc2CN1C1CCNCC1. The molecule has 0 radical (unpaired) electrons. The molecule has 0 saturated carbocycles. The molecule has 250 valence electrons. The maximum atomic E-state index is 13.1. The van der Waals surface area contributed by atoms with Gasteiger partial charge < -0.3 is 35.8 Å². The summed E-state index contributed by atoms with van der Waals surface area (Å²) < 4.78 is 1.00. The van der Waals surface area contributed by atoms with E-state index in [-0.39, 0.29) is 11.9 Å². The predicted molar refractivity (Wildman–Crippen MR) is 183 cm³/mol. The lowest BCUT2D eigenvalue weighted by atomic mass is 9.99. The fraction of sp³-hybridized carbons (Fsp3) is 0.559. The summed E-state index contributed by atoms with van der Waals surface area (Å²) >= 11 is 3.48. The van der Waals surface area contributed by atoms with Gasteiger partial charge in [0.25, 0.3) is 0 Å². The van der Waals surface area contributed by atoms with Gasteiger partial charge in [0.15, 0.2) is 0 Å². The summed E-state index contributed by atoms with van der Waals surface area (Å²) in [5.74, 6) is -0.121. The van der Waals surface area contributed by atoms with E-state index < -0.39 is 12.1 Å². The number of nitrogens with one attached hydrogen (secondary N) is 3. The number of likely N-dealkylation sites (tertiary alicyclic amines) is 1. The number of likely N-dealkylation sites (N-methyl/N-ethyl adjacent to an activating group) is 1. The molecule has 1 unspecified atom stereocenters. The average Bonchev–Trinajstić information content (AvgIpc) is 3.06. The number of amides is 4. The third-order valence-corrected chi connectivity index (χ3v) is 10.6. The first kappa shape index (κ1) is 34.2. The number of hydrogen-bond donors (Lipinski definition) is 4. The van der Waals surface area contributed by atoms with E-state index in [0.29, 0.717) is 31.6 Å². The van der Waals surface area contributed by atoms with Crippen molar-refractivity contribution >= 4 is 39.6 Å². The molecule has 6 rings (SSSR count). The first-order valence-corrected chi connectivity index (χ1v) is 17.3. The minimum atomic E-state index is -1.16. The van der Waals surface area contributed by atoms with Gasteiger partial charge in [0.05, 0.1) is 0 Å². The van der Waals surface area contributed by atoms with Gasteiger partial charge in [0, 0.05) is 74.5 Å². The van der Waals surface area contributed by atoms with Crippen LogP contribution in [0.1, 0.15) is 42.4 Å². The van der Waals surface area contributed by atoms with Crippen LogP contribution in [0, 0.1) is 6.92 Å². The molecule has 4 aliphatic rings. The number of halogens is 1. The number of urea groups is 1. The zero-order chi connectivity index (χ0) is 32.6. The Morgan fingerprint density at radius 3 is 2.35 bits per heavy atom. The molecular weight excluding hydrogens is 650 g/mol. The van der Waals surface area contributed by atoms with Crippen LogP contribution in [-0.2, 0) is 17.8 Å². The van der Waals surface area contributed by atoms with Crippen LogP contribution in [0.5, 0.6) is 0 Å². The molecule has 4 aliphatic heterocycles. The van der Waals surface area contributed by atoms with Crippen LogP contribution in [0.25, 0.3) is 0 Å². The third-order valence-electron chi connectivity index (χ3n) is 9.70. The van der Waals surface area contributed by atoms with Gasteiger partial charge in [-0.05, 0) is 81.6 Å². The van der Waals surface area contributed by atoms with Crippen molar-refractivity contribution in [3.8, 4) is 0 Å². The van der Waals surface area contributed by atoms with Gasteiger partial charge in [-0.3, -0.25) is 9.69 Å². The van der Waals surface area contributed by atoms with E-state index >= 15 is 0 Å². The summed E-state index contributed by atoms with van der Waals surface area (Å²) in [6.45, 7) is 10.5. The Morgan fingerprint density at radius 1 is 0.978 bits per heavy atom. The van der Waals surface area contributed by atoms with Crippen molar-refractivity contribution in [1.82, 2.24) is 30.2 Å². The van der Waals surface area contributed by atoms with Crippen LogP contribution in [-0.4, -0.2) is 120 Å². The van der Waals surface area contributed by atoms with Gasteiger partial charge in [-0.1, -0.05) is 46.3 Å². The van der Waals surface area contributed by atoms with Gasteiger partial charge in [-0.25, -0.2) is 9.59 Å². The standard InChI is InChI=1S/C21H31BrN4O3.C13H17N3O/c1-15-13-16(3-4-18(15)22)14-19(23-21(28)29)20(27)26-7-5-17(6-8-26)25-11-9-24(2)10-12-25;17-13-15-12-4-2-1-3-10(12)9-16(13)11-5-7-14-8-6-11/h3-4,13,17,19,23H,5-12,14H2,1-2H3,(H,28,29);1-4,11,14H,5-9H2,(H,15,17). The zero-order valence-electron chi connectivity index (χ0n) is 27.0. The maximum Gasteiger partial charge on any atom is 0.405 e. The van der Waals surface area contributed by atoms with E-state index in [1.165, 1.54) is 5.56 Å². The highest BCUT2D eigenvalue weighted by molar-refractivity contribution is 9.10. The van der Waals surface area contributed by atoms with Crippen LogP contribution >= 0.6 is 15.9 Å². The van der Waals surface area contributed by atoms with Gasteiger partial charge >= 0.3 is 12.1 Å². The number of nitrogens with zero attached hydrogens (tertiary/aromatic N) is 4. The molecule has 0 aromatic heterocycles. The average molecular weight is 699 g/mol. The zero-order valence-corrected chi connectivity index (χ0v) is 28.6. The lowest BCUT2D eigenvalue weighted by molar-refractivity contribution is -0.135. The van der Waals surface area contributed by atoms with E-state index in [2.05, 4.69) is 54.8 Å². The number of aryl methyl sites for hydroxylation is 1. The lowest BCUT2D eigenvalue weighted by Gasteiger charge is -2.42. The van der Waals surface area contributed by atoms with E-state index in [1.54, 1.807) is 0 Å². The maximum absolute atomic E-state index is 13.1. The first-order valence-electron chi connectivity index (χ1n) is 16.5. The molecule has 3 saturated heterocycles. The Hall–Kier alpha value is -3.19. The first-order chi connectivity index (χ1) is 22.2.